The van der Waals surface area contributed by atoms with E-state index in [4.69, 9.17) is 4.74 Å². The summed E-state index contributed by atoms with van der Waals surface area (Å²) in [4.78, 5) is 11.9. The Bertz CT molecular complexity index is 600. The maximum Gasteiger partial charge on any atom is 0.277 e. The van der Waals surface area contributed by atoms with Crippen LogP contribution in [0.15, 0.2) is 29.1 Å². The summed E-state index contributed by atoms with van der Waals surface area (Å²) in [6, 6.07) is 5.90. The number of ether oxygens (including phenoxy) is 1. The molecule has 1 aliphatic rings. The molecule has 16 heavy (non-hydrogen) atoms. The highest BCUT2D eigenvalue weighted by Crippen LogP contribution is 2.15. The van der Waals surface area contributed by atoms with E-state index in [0.29, 0.717) is 24.5 Å². The van der Waals surface area contributed by atoms with Crippen molar-refractivity contribution in [2.24, 2.45) is 0 Å². The first-order chi connectivity index (χ1) is 7.75. The molecule has 1 aromatic heterocycles. The standard InChI is InChI=1S/C11H9FN2O2/c12-7-2-1-3-8(4-7)14-11(15)9-5-16-6-10(9)13-14/h1-4,13H,5-6H2. The van der Waals surface area contributed by atoms with Crippen molar-refractivity contribution in [1.82, 2.24) is 9.78 Å². The average Bonchev–Trinajstić information content (AvgIpc) is 2.82. The predicted molar refractivity (Wildman–Crippen MR) is 54.8 cm³/mol. The van der Waals surface area contributed by atoms with Crippen LogP contribution >= 0.6 is 0 Å². The summed E-state index contributed by atoms with van der Waals surface area (Å²) in [5, 5.41) is 2.92. The molecule has 0 saturated carbocycles. The molecule has 4 nitrogen and oxygen atoms in total. The summed E-state index contributed by atoms with van der Waals surface area (Å²) in [6.45, 7) is 0.736. The molecule has 0 bridgehead atoms. The second-order valence-electron chi connectivity index (χ2n) is 3.68. The lowest BCUT2D eigenvalue weighted by Crippen LogP contribution is -2.17. The molecule has 0 aliphatic carbocycles. The van der Waals surface area contributed by atoms with Gasteiger partial charge in [0.15, 0.2) is 0 Å². The summed E-state index contributed by atoms with van der Waals surface area (Å²) in [6.07, 6.45) is 0. The Morgan fingerprint density at radius 1 is 1.38 bits per heavy atom. The SMILES string of the molecule is O=c1c2c([nH]n1-c1cccc(F)c1)COC2. The van der Waals surface area contributed by atoms with Crippen molar-refractivity contribution in [3.8, 4) is 5.69 Å². The predicted octanol–water partition coefficient (Wildman–Crippen LogP) is 1.33. The van der Waals surface area contributed by atoms with Gasteiger partial charge >= 0.3 is 0 Å². The van der Waals surface area contributed by atoms with Crippen LogP contribution in [-0.4, -0.2) is 9.78 Å². The molecule has 0 unspecified atom stereocenters. The van der Waals surface area contributed by atoms with Crippen LogP contribution in [0.4, 0.5) is 4.39 Å². The van der Waals surface area contributed by atoms with Crippen molar-refractivity contribution in [1.29, 1.82) is 0 Å². The molecular weight excluding hydrogens is 211 g/mol. The van der Waals surface area contributed by atoms with Gasteiger partial charge in [-0.2, -0.15) is 0 Å². The third-order valence-corrected chi connectivity index (χ3v) is 2.63. The molecule has 1 aliphatic heterocycles. The van der Waals surface area contributed by atoms with Crippen LogP contribution in [0.3, 0.4) is 0 Å². The summed E-state index contributed by atoms with van der Waals surface area (Å²) in [5.74, 6) is -0.365. The van der Waals surface area contributed by atoms with Gasteiger partial charge in [0.1, 0.15) is 5.82 Å². The normalized spacial score (nSPS) is 14.1. The van der Waals surface area contributed by atoms with E-state index in [1.54, 1.807) is 12.1 Å². The Kier molecular flexibility index (Phi) is 1.94. The van der Waals surface area contributed by atoms with E-state index in [9.17, 15) is 9.18 Å². The van der Waals surface area contributed by atoms with Crippen molar-refractivity contribution in [3.63, 3.8) is 0 Å². The smallest absolute Gasteiger partial charge is 0.277 e. The first kappa shape index (κ1) is 9.35. The molecule has 3 rings (SSSR count). The second-order valence-corrected chi connectivity index (χ2v) is 3.68. The largest absolute Gasteiger partial charge is 0.370 e. The minimum atomic E-state index is -0.365. The van der Waals surface area contributed by atoms with Gasteiger partial charge in [-0.15, -0.1) is 0 Å². The Balaban J connectivity index is 2.18. The molecule has 1 N–H and O–H groups in total. The molecule has 5 heteroatoms. The van der Waals surface area contributed by atoms with Gasteiger partial charge in [0, 0.05) is 0 Å². The van der Waals surface area contributed by atoms with Gasteiger partial charge in [-0.25, -0.2) is 9.07 Å². The van der Waals surface area contributed by atoms with Crippen molar-refractivity contribution in [2.45, 2.75) is 13.2 Å². The fourth-order valence-electron chi connectivity index (χ4n) is 1.84. The number of aromatic nitrogens is 2. The van der Waals surface area contributed by atoms with Crippen LogP contribution < -0.4 is 5.56 Å². The highest BCUT2D eigenvalue weighted by atomic mass is 19.1. The molecule has 2 aromatic rings. The van der Waals surface area contributed by atoms with Crippen molar-refractivity contribution in [2.75, 3.05) is 0 Å². The number of rotatable bonds is 1. The highest BCUT2D eigenvalue weighted by molar-refractivity contribution is 5.33. The van der Waals surface area contributed by atoms with Crippen LogP contribution in [-0.2, 0) is 18.0 Å². The lowest BCUT2D eigenvalue weighted by atomic mass is 10.3. The molecule has 1 aromatic carbocycles. The molecule has 0 fully saturated rings. The molecular formula is C11H9FN2O2. The van der Waals surface area contributed by atoms with E-state index in [0.717, 1.165) is 5.69 Å². The van der Waals surface area contributed by atoms with Gasteiger partial charge in [-0.3, -0.25) is 9.89 Å². The minimum Gasteiger partial charge on any atom is -0.370 e. The van der Waals surface area contributed by atoms with E-state index < -0.39 is 0 Å². The fraction of sp³-hybridized carbons (Fsp3) is 0.182. The molecule has 82 valence electrons. The van der Waals surface area contributed by atoms with Crippen molar-refractivity contribution in [3.05, 3.63) is 51.7 Å². The number of aromatic amines is 1. The Hall–Kier alpha value is -1.88. The molecule has 0 atom stereocenters. The zero-order valence-corrected chi connectivity index (χ0v) is 8.37. The summed E-state index contributed by atoms with van der Waals surface area (Å²) < 4.78 is 19.5. The summed E-state index contributed by atoms with van der Waals surface area (Å²) in [7, 11) is 0. The average molecular weight is 220 g/mol. The molecule has 0 spiro atoms. The van der Waals surface area contributed by atoms with Crippen LogP contribution in [0.1, 0.15) is 11.3 Å². The summed E-state index contributed by atoms with van der Waals surface area (Å²) in [5.41, 5.74) is 1.73. The van der Waals surface area contributed by atoms with Gasteiger partial charge in [-0.1, -0.05) is 6.07 Å². The van der Waals surface area contributed by atoms with E-state index in [1.807, 2.05) is 0 Å². The maximum absolute atomic E-state index is 13.0. The van der Waals surface area contributed by atoms with Gasteiger partial charge in [0.05, 0.1) is 30.2 Å². The van der Waals surface area contributed by atoms with Crippen LogP contribution in [0.2, 0.25) is 0 Å². The third kappa shape index (κ3) is 1.29. The molecule has 0 radical (unpaired) electrons. The number of H-pyrrole nitrogens is 1. The number of nitrogens with zero attached hydrogens (tertiary/aromatic N) is 1. The van der Waals surface area contributed by atoms with E-state index in [1.165, 1.54) is 16.8 Å². The Morgan fingerprint density at radius 2 is 2.25 bits per heavy atom. The van der Waals surface area contributed by atoms with E-state index in [-0.39, 0.29) is 11.4 Å². The maximum atomic E-state index is 13.0. The molecule has 0 saturated heterocycles. The second kappa shape index (κ2) is 3.31. The number of nitrogens with one attached hydrogen (secondary N) is 1. The molecule has 2 heterocycles. The topological polar surface area (TPSA) is 47.0 Å². The van der Waals surface area contributed by atoms with E-state index in [2.05, 4.69) is 5.10 Å². The highest BCUT2D eigenvalue weighted by Gasteiger charge is 2.20. The number of hydrogen-bond donors (Lipinski definition) is 1. The Morgan fingerprint density at radius 3 is 3.00 bits per heavy atom. The van der Waals surface area contributed by atoms with Crippen LogP contribution in [0.5, 0.6) is 0 Å². The lowest BCUT2D eigenvalue weighted by molar-refractivity contribution is 0.130. The lowest BCUT2D eigenvalue weighted by Gasteiger charge is -2.02. The fourth-order valence-corrected chi connectivity index (χ4v) is 1.84. The van der Waals surface area contributed by atoms with Crippen LogP contribution in [0.25, 0.3) is 5.69 Å². The van der Waals surface area contributed by atoms with Crippen molar-refractivity contribution >= 4 is 0 Å². The van der Waals surface area contributed by atoms with Crippen molar-refractivity contribution < 1.29 is 9.13 Å². The van der Waals surface area contributed by atoms with E-state index >= 15 is 0 Å². The number of benzene rings is 1. The van der Waals surface area contributed by atoms with Gasteiger partial charge in [-0.05, 0) is 18.2 Å². The zero-order chi connectivity index (χ0) is 11.1. The van der Waals surface area contributed by atoms with Gasteiger partial charge in [0.25, 0.3) is 5.56 Å². The van der Waals surface area contributed by atoms with Crippen LogP contribution in [0, 0.1) is 5.82 Å². The number of hydrogen-bond acceptors (Lipinski definition) is 2. The minimum absolute atomic E-state index is 0.168. The van der Waals surface area contributed by atoms with Gasteiger partial charge < -0.3 is 4.74 Å². The zero-order valence-electron chi connectivity index (χ0n) is 8.37. The number of fused-ring (bicyclic) bond motifs is 1. The third-order valence-electron chi connectivity index (χ3n) is 2.63. The first-order valence-corrected chi connectivity index (χ1v) is 4.92. The summed E-state index contributed by atoms with van der Waals surface area (Å²) >= 11 is 0. The molecule has 0 amide bonds. The number of halogens is 1. The Labute approximate surface area is 90.3 Å². The quantitative estimate of drug-likeness (QED) is 0.788. The van der Waals surface area contributed by atoms with Gasteiger partial charge in [0.2, 0.25) is 0 Å². The monoisotopic (exact) mass is 220 g/mol. The first-order valence-electron chi connectivity index (χ1n) is 4.92.